The maximum atomic E-state index is 6.67. The number of oxime groups is 1. The van der Waals surface area contributed by atoms with E-state index in [1.807, 2.05) is 14.1 Å². The minimum Gasteiger partial charge on any atom is -0.394 e. The van der Waals surface area contributed by atoms with E-state index in [0.29, 0.717) is 12.5 Å². The molecule has 4 saturated heterocycles. The van der Waals surface area contributed by atoms with Crippen LogP contribution in [0.15, 0.2) is 5.16 Å². The van der Waals surface area contributed by atoms with Gasteiger partial charge in [0.15, 0.2) is 0 Å². The highest BCUT2D eigenvalue weighted by atomic mass is 16.6. The molecule has 5 fully saturated rings. The summed E-state index contributed by atoms with van der Waals surface area (Å²) < 4.78 is 18.0. The summed E-state index contributed by atoms with van der Waals surface area (Å²) in [7, 11) is 4.10. The van der Waals surface area contributed by atoms with Gasteiger partial charge in [0.05, 0.1) is 38.1 Å². The summed E-state index contributed by atoms with van der Waals surface area (Å²) in [5, 5.41) is 12.2. The Morgan fingerprint density at radius 1 is 1.00 bits per heavy atom. The van der Waals surface area contributed by atoms with Crippen LogP contribution in [-0.4, -0.2) is 123 Å². The normalized spacial score (nSPS) is 35.9. The molecule has 0 aromatic rings. The molecule has 3 atom stereocenters. The second kappa shape index (κ2) is 9.59. The Hall–Kier alpha value is -0.810. The van der Waals surface area contributed by atoms with Crippen molar-refractivity contribution in [3.63, 3.8) is 0 Å². The molecule has 178 valence electrons. The van der Waals surface area contributed by atoms with E-state index in [9.17, 15) is 0 Å². The van der Waals surface area contributed by atoms with Crippen molar-refractivity contribution in [3.05, 3.63) is 0 Å². The zero-order valence-corrected chi connectivity index (χ0v) is 20.0. The number of hydrogen-bond acceptors (Lipinski definition) is 9. The third-order valence-corrected chi connectivity index (χ3v) is 7.11. The second-order valence-electron chi connectivity index (χ2n) is 10.1. The first-order valence-corrected chi connectivity index (χ1v) is 11.8. The fourth-order valence-electron chi connectivity index (χ4n) is 5.52. The van der Waals surface area contributed by atoms with Gasteiger partial charge in [0.25, 0.3) is 0 Å². The van der Waals surface area contributed by atoms with Gasteiger partial charge < -0.3 is 23.9 Å². The van der Waals surface area contributed by atoms with Crippen molar-refractivity contribution in [1.29, 1.82) is 0 Å². The van der Waals surface area contributed by atoms with Crippen LogP contribution in [0.3, 0.4) is 0 Å². The van der Waals surface area contributed by atoms with Gasteiger partial charge in [-0.3, -0.25) is 0 Å². The zero-order valence-electron chi connectivity index (χ0n) is 20.0. The minimum absolute atomic E-state index is 0.109. The van der Waals surface area contributed by atoms with E-state index in [-0.39, 0.29) is 11.6 Å². The third kappa shape index (κ3) is 4.93. The highest BCUT2D eigenvalue weighted by molar-refractivity contribution is 5.98. The molecule has 5 aliphatic rings. The summed E-state index contributed by atoms with van der Waals surface area (Å²) in [5.74, 6) is 0.330. The summed E-state index contributed by atoms with van der Waals surface area (Å²) in [6.07, 6.45) is 2.10. The average molecular weight is 440 g/mol. The fraction of sp³-hybridized carbons (Fsp3) is 0.955. The molecule has 5 rings (SSSR count). The van der Waals surface area contributed by atoms with Crippen LogP contribution in [0.1, 0.15) is 33.6 Å². The van der Waals surface area contributed by atoms with E-state index in [4.69, 9.17) is 24.2 Å². The van der Waals surface area contributed by atoms with Crippen molar-refractivity contribution in [2.45, 2.75) is 50.9 Å². The highest BCUT2D eigenvalue weighted by Gasteiger charge is 2.61. The molecule has 31 heavy (non-hydrogen) atoms. The predicted octanol–water partition coefficient (Wildman–Crippen LogP) is 1.06. The van der Waals surface area contributed by atoms with Gasteiger partial charge in [0.1, 0.15) is 17.9 Å². The summed E-state index contributed by atoms with van der Waals surface area (Å²) in [6.45, 7) is 14.6. The number of nitrogens with zero attached hydrogens (tertiary/aromatic N) is 5. The molecule has 0 amide bonds. The lowest BCUT2D eigenvalue weighted by atomic mass is 9.64. The Morgan fingerprint density at radius 3 is 2.10 bits per heavy atom. The Kier molecular flexibility index (Phi) is 7.22. The number of hydrogen-bond donors (Lipinski definition) is 0. The first-order chi connectivity index (χ1) is 14.8. The minimum atomic E-state index is -0.419. The number of hydrazine groups is 2. The van der Waals surface area contributed by atoms with E-state index in [2.05, 4.69) is 40.8 Å². The lowest BCUT2D eigenvalue weighted by molar-refractivity contribution is -0.280. The van der Waals surface area contributed by atoms with Crippen molar-refractivity contribution in [1.82, 2.24) is 20.0 Å². The molecule has 0 spiro atoms. The number of ether oxygens (including phenoxy) is 3. The second-order valence-corrected chi connectivity index (χ2v) is 10.1. The van der Waals surface area contributed by atoms with Gasteiger partial charge in [0, 0.05) is 38.6 Å². The largest absolute Gasteiger partial charge is 0.394 e. The number of likely N-dealkylation sites (N-methyl/N-ethyl adjacent to an activating group) is 1. The van der Waals surface area contributed by atoms with Gasteiger partial charge in [-0.15, -0.1) is 0 Å². The average Bonchev–Trinajstić information content (AvgIpc) is 2.73. The lowest BCUT2D eigenvalue weighted by Crippen LogP contribution is -2.75. The summed E-state index contributed by atoms with van der Waals surface area (Å²) in [4.78, 5) is 7.99. The van der Waals surface area contributed by atoms with Crippen molar-refractivity contribution < 1.29 is 19.0 Å². The Labute approximate surface area is 187 Å². The van der Waals surface area contributed by atoms with Gasteiger partial charge >= 0.3 is 0 Å². The molecule has 0 unspecified atom stereocenters. The first-order valence-electron chi connectivity index (χ1n) is 11.8. The molecule has 2 bridgehead atoms. The standard InChI is InChI=1S/C22H41N5O4/c1-21(2)18-6-7-22(3,31-21)20(23-30-17-8-24(4)5)19(18)27(25-9-13-28-14-10-25)26-11-15-29-16-12-26/h18-19H,6-17H2,1-5H3/b23-20-/t18-,19-,22+/m1/s1. The molecule has 0 aromatic heterocycles. The molecule has 1 saturated carbocycles. The molecule has 0 aromatic carbocycles. The molecular formula is C22H41N5O4. The smallest absolute Gasteiger partial charge is 0.129 e. The Morgan fingerprint density at radius 2 is 1.58 bits per heavy atom. The molecule has 4 heterocycles. The van der Waals surface area contributed by atoms with Crippen molar-refractivity contribution in [2.75, 3.05) is 79.9 Å². The molecule has 9 heteroatoms. The monoisotopic (exact) mass is 439 g/mol. The first kappa shape index (κ1) is 23.4. The number of morpholine rings is 2. The molecule has 9 nitrogen and oxygen atoms in total. The van der Waals surface area contributed by atoms with Crippen LogP contribution in [0.2, 0.25) is 0 Å². The van der Waals surface area contributed by atoms with Crippen LogP contribution in [0.4, 0.5) is 0 Å². The number of rotatable bonds is 7. The van der Waals surface area contributed by atoms with Crippen LogP contribution in [0.5, 0.6) is 0 Å². The summed E-state index contributed by atoms with van der Waals surface area (Å²) >= 11 is 0. The van der Waals surface area contributed by atoms with Gasteiger partial charge in [-0.1, -0.05) is 5.16 Å². The highest BCUT2D eigenvalue weighted by Crippen LogP contribution is 2.50. The van der Waals surface area contributed by atoms with Gasteiger partial charge in [-0.25, -0.2) is 10.0 Å². The van der Waals surface area contributed by atoms with E-state index in [1.54, 1.807) is 0 Å². The topological polar surface area (TPSA) is 62.2 Å². The molecular weight excluding hydrogens is 398 g/mol. The van der Waals surface area contributed by atoms with Crippen LogP contribution in [0.25, 0.3) is 0 Å². The SMILES string of the molecule is CN(C)CCO/N=C1/[C@H](N(N2CCOCC2)N2CCOCC2)[C@H]2CC[C@]1(C)OC2(C)C. The molecule has 0 radical (unpaired) electrons. The van der Waals surface area contributed by atoms with E-state index >= 15 is 0 Å². The maximum absolute atomic E-state index is 6.67. The molecule has 4 aliphatic heterocycles. The van der Waals surface area contributed by atoms with E-state index in [1.165, 1.54) is 0 Å². The van der Waals surface area contributed by atoms with Crippen molar-refractivity contribution in [2.24, 2.45) is 11.1 Å². The van der Waals surface area contributed by atoms with Crippen LogP contribution >= 0.6 is 0 Å². The van der Waals surface area contributed by atoms with Gasteiger partial charge in [-0.05, 0) is 47.7 Å². The Balaban J connectivity index is 1.68. The predicted molar refractivity (Wildman–Crippen MR) is 119 cm³/mol. The van der Waals surface area contributed by atoms with Gasteiger partial charge in [-0.2, -0.15) is 5.12 Å². The quantitative estimate of drug-likeness (QED) is 0.431. The third-order valence-electron chi connectivity index (χ3n) is 7.11. The van der Waals surface area contributed by atoms with E-state index in [0.717, 1.165) is 77.7 Å². The maximum Gasteiger partial charge on any atom is 0.129 e. The van der Waals surface area contributed by atoms with Crippen LogP contribution in [0, 0.1) is 5.92 Å². The Bertz CT molecular complexity index is 615. The lowest BCUT2D eigenvalue weighted by Gasteiger charge is -2.62. The fourth-order valence-corrected chi connectivity index (χ4v) is 5.52. The van der Waals surface area contributed by atoms with Crippen molar-refractivity contribution in [3.8, 4) is 0 Å². The zero-order chi connectivity index (χ0) is 22.1. The summed E-state index contributed by atoms with van der Waals surface area (Å²) in [5.41, 5.74) is 0.384. The van der Waals surface area contributed by atoms with Crippen LogP contribution < -0.4 is 0 Å². The van der Waals surface area contributed by atoms with Crippen molar-refractivity contribution >= 4 is 5.71 Å². The van der Waals surface area contributed by atoms with Crippen LogP contribution in [-0.2, 0) is 19.0 Å². The molecule has 1 aliphatic carbocycles. The summed E-state index contributed by atoms with van der Waals surface area (Å²) in [6, 6.07) is 0.109. The molecule has 0 N–H and O–H groups in total. The van der Waals surface area contributed by atoms with E-state index < -0.39 is 5.60 Å². The number of fused-ring (bicyclic) bond motifs is 3. The van der Waals surface area contributed by atoms with Gasteiger partial charge in [0.2, 0.25) is 0 Å².